The molecule has 2 aliphatic carbocycles. The minimum Gasteiger partial charge on any atom is -0.396 e. The highest BCUT2D eigenvalue weighted by Crippen LogP contribution is 2.38. The van der Waals surface area contributed by atoms with Gasteiger partial charge in [-0.15, -0.1) is 0 Å². The maximum Gasteiger partial charge on any atom is 0.223 e. The van der Waals surface area contributed by atoms with Crippen LogP contribution >= 0.6 is 0 Å². The topological polar surface area (TPSA) is 49.3 Å². The number of carbonyl (C=O) groups excluding carboxylic acids is 1. The lowest BCUT2D eigenvalue weighted by Crippen LogP contribution is -2.38. The van der Waals surface area contributed by atoms with Gasteiger partial charge in [0, 0.05) is 18.6 Å². The zero-order valence-electron chi connectivity index (χ0n) is 9.41. The molecule has 0 radical (unpaired) electrons. The molecule has 1 unspecified atom stereocenters. The van der Waals surface area contributed by atoms with E-state index in [1.807, 2.05) is 0 Å². The lowest BCUT2D eigenvalue weighted by molar-refractivity contribution is -0.123. The van der Waals surface area contributed by atoms with Crippen LogP contribution in [0.2, 0.25) is 0 Å². The van der Waals surface area contributed by atoms with Gasteiger partial charge in [0.1, 0.15) is 0 Å². The van der Waals surface area contributed by atoms with E-state index in [1.54, 1.807) is 0 Å². The van der Waals surface area contributed by atoms with Crippen LogP contribution in [0.4, 0.5) is 0 Å². The number of amides is 1. The molecule has 15 heavy (non-hydrogen) atoms. The molecule has 0 aromatic carbocycles. The Morgan fingerprint density at radius 2 is 2.00 bits per heavy atom. The zero-order chi connectivity index (χ0) is 10.8. The number of rotatable bonds is 3. The standard InChI is InChI=1S/C12H21NO2/c1-8-2-4-10(5-3-8)13-12(15)11-6-9(11)7-14/h8-11,14H,2-7H2,1H3,(H,13,15)/t8?,9?,10?,11-/m0/s1. The van der Waals surface area contributed by atoms with Crippen LogP contribution in [0.3, 0.4) is 0 Å². The molecule has 3 heteroatoms. The van der Waals surface area contributed by atoms with E-state index in [9.17, 15) is 4.79 Å². The monoisotopic (exact) mass is 211 g/mol. The molecule has 2 N–H and O–H groups in total. The number of hydrogen-bond acceptors (Lipinski definition) is 2. The summed E-state index contributed by atoms with van der Waals surface area (Å²) in [6.07, 6.45) is 5.61. The molecule has 0 saturated heterocycles. The van der Waals surface area contributed by atoms with Gasteiger partial charge in [0.05, 0.1) is 0 Å². The Labute approximate surface area is 91.2 Å². The second-order valence-electron chi connectivity index (χ2n) is 5.25. The van der Waals surface area contributed by atoms with Crippen LogP contribution in [0.5, 0.6) is 0 Å². The van der Waals surface area contributed by atoms with E-state index in [2.05, 4.69) is 12.2 Å². The third-order valence-electron chi connectivity index (χ3n) is 3.86. The van der Waals surface area contributed by atoms with Crippen molar-refractivity contribution in [2.75, 3.05) is 6.61 Å². The first-order valence-corrected chi connectivity index (χ1v) is 6.12. The molecule has 2 saturated carbocycles. The quantitative estimate of drug-likeness (QED) is 0.739. The molecule has 2 rings (SSSR count). The summed E-state index contributed by atoms with van der Waals surface area (Å²) >= 11 is 0. The highest BCUT2D eigenvalue weighted by Gasteiger charge is 2.42. The normalized spacial score (nSPS) is 39.9. The van der Waals surface area contributed by atoms with Gasteiger partial charge in [0.2, 0.25) is 5.91 Å². The maximum atomic E-state index is 11.7. The molecule has 2 atom stereocenters. The van der Waals surface area contributed by atoms with Gasteiger partial charge >= 0.3 is 0 Å². The van der Waals surface area contributed by atoms with Gasteiger partial charge in [-0.3, -0.25) is 4.79 Å². The van der Waals surface area contributed by atoms with E-state index in [0.717, 1.165) is 25.2 Å². The van der Waals surface area contributed by atoms with Crippen molar-refractivity contribution in [1.29, 1.82) is 0 Å². The largest absolute Gasteiger partial charge is 0.396 e. The number of hydrogen-bond donors (Lipinski definition) is 2. The Balaban J connectivity index is 1.71. The Hall–Kier alpha value is -0.570. The predicted octanol–water partition coefficient (Wildman–Crippen LogP) is 1.31. The summed E-state index contributed by atoms with van der Waals surface area (Å²) in [5, 5.41) is 12.0. The first kappa shape index (κ1) is 10.9. The number of aliphatic hydroxyl groups excluding tert-OH is 1. The van der Waals surface area contributed by atoms with Crippen LogP contribution in [0.1, 0.15) is 39.0 Å². The Morgan fingerprint density at radius 3 is 2.53 bits per heavy atom. The van der Waals surface area contributed by atoms with Crippen molar-refractivity contribution in [1.82, 2.24) is 5.32 Å². The Bertz CT molecular complexity index is 234. The van der Waals surface area contributed by atoms with E-state index in [4.69, 9.17) is 5.11 Å². The fraction of sp³-hybridized carbons (Fsp3) is 0.917. The van der Waals surface area contributed by atoms with Gasteiger partial charge in [-0.1, -0.05) is 6.92 Å². The molecule has 0 aliphatic heterocycles. The second-order valence-corrected chi connectivity index (χ2v) is 5.25. The summed E-state index contributed by atoms with van der Waals surface area (Å²) < 4.78 is 0. The van der Waals surface area contributed by atoms with Crippen LogP contribution in [0.15, 0.2) is 0 Å². The molecule has 3 nitrogen and oxygen atoms in total. The second kappa shape index (κ2) is 4.52. The Morgan fingerprint density at radius 1 is 1.33 bits per heavy atom. The molecule has 0 bridgehead atoms. The van der Waals surface area contributed by atoms with E-state index < -0.39 is 0 Å². The van der Waals surface area contributed by atoms with E-state index >= 15 is 0 Å². The molecule has 0 aromatic rings. The average molecular weight is 211 g/mol. The fourth-order valence-electron chi connectivity index (χ4n) is 2.48. The molecule has 86 valence electrons. The van der Waals surface area contributed by atoms with Crippen LogP contribution in [0, 0.1) is 17.8 Å². The average Bonchev–Trinajstić information content (AvgIpc) is 3.00. The van der Waals surface area contributed by atoms with Crippen molar-refractivity contribution in [2.45, 2.75) is 45.1 Å². The molecule has 0 heterocycles. The van der Waals surface area contributed by atoms with Crippen molar-refractivity contribution in [2.24, 2.45) is 17.8 Å². The molecule has 2 aliphatic rings. The van der Waals surface area contributed by atoms with Gasteiger partial charge in [-0.05, 0) is 43.9 Å². The van der Waals surface area contributed by atoms with Crippen molar-refractivity contribution in [3.63, 3.8) is 0 Å². The highest BCUT2D eigenvalue weighted by molar-refractivity contribution is 5.81. The highest BCUT2D eigenvalue weighted by atomic mass is 16.3. The summed E-state index contributed by atoms with van der Waals surface area (Å²) in [6, 6.07) is 0.397. The molecule has 1 amide bonds. The minimum atomic E-state index is 0.106. The van der Waals surface area contributed by atoms with Gasteiger partial charge in [-0.2, -0.15) is 0 Å². The SMILES string of the molecule is CC1CCC(NC(=O)[C@H]2CC2CO)CC1. The van der Waals surface area contributed by atoms with E-state index in [0.29, 0.717) is 6.04 Å². The third-order valence-corrected chi connectivity index (χ3v) is 3.86. The van der Waals surface area contributed by atoms with Crippen LogP contribution in [-0.4, -0.2) is 23.7 Å². The molecule has 0 aromatic heterocycles. The Kier molecular flexibility index (Phi) is 3.29. The van der Waals surface area contributed by atoms with Crippen molar-refractivity contribution < 1.29 is 9.90 Å². The maximum absolute atomic E-state index is 11.7. The number of aliphatic hydroxyl groups is 1. The van der Waals surface area contributed by atoms with Crippen molar-refractivity contribution >= 4 is 5.91 Å². The van der Waals surface area contributed by atoms with Crippen LogP contribution in [-0.2, 0) is 4.79 Å². The summed E-state index contributed by atoms with van der Waals surface area (Å²) in [7, 11) is 0. The minimum absolute atomic E-state index is 0.106. The zero-order valence-corrected chi connectivity index (χ0v) is 9.41. The van der Waals surface area contributed by atoms with Gasteiger partial charge < -0.3 is 10.4 Å². The summed E-state index contributed by atoms with van der Waals surface area (Å²) in [4.78, 5) is 11.7. The predicted molar refractivity (Wildman–Crippen MR) is 58.2 cm³/mol. The fourth-order valence-corrected chi connectivity index (χ4v) is 2.48. The molecule has 0 spiro atoms. The summed E-state index contributed by atoms with van der Waals surface area (Å²) in [6.45, 7) is 2.44. The van der Waals surface area contributed by atoms with Crippen molar-refractivity contribution in [3.8, 4) is 0 Å². The first-order valence-electron chi connectivity index (χ1n) is 6.12. The van der Waals surface area contributed by atoms with E-state index in [-0.39, 0.29) is 24.3 Å². The van der Waals surface area contributed by atoms with E-state index in [1.165, 1.54) is 12.8 Å². The number of nitrogens with one attached hydrogen (secondary N) is 1. The van der Waals surface area contributed by atoms with Gasteiger partial charge in [0.25, 0.3) is 0 Å². The lowest BCUT2D eigenvalue weighted by atomic mass is 9.87. The van der Waals surface area contributed by atoms with Crippen molar-refractivity contribution in [3.05, 3.63) is 0 Å². The third kappa shape index (κ3) is 2.71. The van der Waals surface area contributed by atoms with Crippen LogP contribution in [0.25, 0.3) is 0 Å². The van der Waals surface area contributed by atoms with Gasteiger partial charge in [0.15, 0.2) is 0 Å². The first-order chi connectivity index (χ1) is 7.20. The van der Waals surface area contributed by atoms with Crippen LogP contribution < -0.4 is 5.32 Å². The summed E-state index contributed by atoms with van der Waals surface area (Å²) in [5.41, 5.74) is 0. The number of carbonyl (C=O) groups is 1. The molecule has 2 fully saturated rings. The molecular weight excluding hydrogens is 190 g/mol. The summed E-state index contributed by atoms with van der Waals surface area (Å²) in [5.74, 6) is 1.35. The lowest BCUT2D eigenvalue weighted by Gasteiger charge is -2.26. The smallest absolute Gasteiger partial charge is 0.223 e. The van der Waals surface area contributed by atoms with Gasteiger partial charge in [-0.25, -0.2) is 0 Å². The molecular formula is C12H21NO2.